The van der Waals surface area contributed by atoms with Crippen LogP contribution in [-0.2, 0) is 14.8 Å². The van der Waals surface area contributed by atoms with E-state index in [9.17, 15) is 13.2 Å². The predicted molar refractivity (Wildman–Crippen MR) is 130 cm³/mol. The summed E-state index contributed by atoms with van der Waals surface area (Å²) in [5.74, 6) is 4.86. The summed E-state index contributed by atoms with van der Waals surface area (Å²) < 4.78 is 33.4. The van der Waals surface area contributed by atoms with Crippen LogP contribution in [-0.4, -0.2) is 71.9 Å². The highest BCUT2D eigenvalue weighted by Crippen LogP contribution is 2.66. The number of nitrogens with zero attached hydrogens (tertiary/aromatic N) is 2. The number of carbonyl (C=O) groups is 1. The SMILES string of the molecule is CCOc1ccc(S(=O)(=O)N2CCN(C(=O)C3CC4CCC(C3)C43SCCS3)CC2)cc1. The van der Waals surface area contributed by atoms with Gasteiger partial charge >= 0.3 is 0 Å². The van der Waals surface area contributed by atoms with Crippen molar-refractivity contribution in [1.29, 1.82) is 0 Å². The van der Waals surface area contributed by atoms with Crippen molar-refractivity contribution < 1.29 is 17.9 Å². The van der Waals surface area contributed by atoms with Crippen LogP contribution >= 0.6 is 23.5 Å². The van der Waals surface area contributed by atoms with Gasteiger partial charge in [-0.1, -0.05) is 0 Å². The molecule has 2 aliphatic heterocycles. The van der Waals surface area contributed by atoms with Gasteiger partial charge in [0.05, 0.1) is 15.6 Å². The van der Waals surface area contributed by atoms with Crippen LogP contribution in [0, 0.1) is 17.8 Å². The molecule has 0 radical (unpaired) electrons. The Morgan fingerprint density at radius 1 is 1.03 bits per heavy atom. The molecule has 1 aromatic carbocycles. The zero-order chi connectivity index (χ0) is 22.3. The molecule has 4 fully saturated rings. The van der Waals surface area contributed by atoms with Crippen LogP contribution in [0.4, 0.5) is 0 Å². The fraction of sp³-hybridized carbons (Fsp3) is 0.696. The molecule has 2 aliphatic carbocycles. The summed E-state index contributed by atoms with van der Waals surface area (Å²) >= 11 is 4.31. The third-order valence-corrected chi connectivity index (χ3v) is 13.5. The van der Waals surface area contributed by atoms with Crippen molar-refractivity contribution in [2.24, 2.45) is 17.8 Å². The van der Waals surface area contributed by atoms with Crippen molar-refractivity contribution in [3.63, 3.8) is 0 Å². The van der Waals surface area contributed by atoms with E-state index in [1.165, 1.54) is 28.7 Å². The molecule has 2 heterocycles. The van der Waals surface area contributed by atoms with Gasteiger partial charge in [0.25, 0.3) is 0 Å². The fourth-order valence-corrected chi connectivity index (χ4v) is 11.4. The van der Waals surface area contributed by atoms with Gasteiger partial charge in [-0.25, -0.2) is 8.42 Å². The summed E-state index contributed by atoms with van der Waals surface area (Å²) in [5, 5.41) is 0. The Bertz CT molecular complexity index is 922. The highest BCUT2D eigenvalue weighted by molar-refractivity contribution is 8.21. The lowest BCUT2D eigenvalue weighted by Crippen LogP contribution is -2.53. The van der Waals surface area contributed by atoms with Gasteiger partial charge in [0.1, 0.15) is 5.75 Å². The molecule has 2 saturated heterocycles. The Kier molecular flexibility index (Phi) is 6.46. The van der Waals surface area contributed by atoms with Crippen LogP contribution in [0.1, 0.15) is 32.6 Å². The number of rotatable bonds is 5. The molecule has 2 unspecified atom stereocenters. The standard InChI is InChI=1S/C23H32N2O4S3/c1-2-29-20-5-7-21(8-6-20)32(27,28)25-11-9-24(10-12-25)22(26)17-15-18-3-4-19(16-17)23(18)30-13-14-31-23/h5-8,17-19H,2-4,9-16H2,1H3. The van der Waals surface area contributed by atoms with Crippen molar-refractivity contribution in [2.75, 3.05) is 44.3 Å². The number of amides is 1. The van der Waals surface area contributed by atoms with E-state index >= 15 is 0 Å². The first kappa shape index (κ1) is 22.9. The van der Waals surface area contributed by atoms with E-state index < -0.39 is 10.0 Å². The van der Waals surface area contributed by atoms with Crippen LogP contribution < -0.4 is 4.74 Å². The number of carbonyl (C=O) groups excluding carboxylic acids is 1. The molecule has 176 valence electrons. The van der Waals surface area contributed by atoms with Gasteiger partial charge < -0.3 is 9.64 Å². The average Bonchev–Trinajstić information content (AvgIpc) is 3.34. The second-order valence-corrected chi connectivity index (χ2v) is 14.1. The first-order valence-corrected chi connectivity index (χ1v) is 15.1. The lowest BCUT2D eigenvalue weighted by atomic mass is 9.79. The Hall–Kier alpha value is -0.900. The minimum Gasteiger partial charge on any atom is -0.494 e. The van der Waals surface area contributed by atoms with Crippen LogP contribution in [0.5, 0.6) is 5.75 Å². The third kappa shape index (κ3) is 3.97. The second kappa shape index (κ2) is 9.04. The first-order valence-electron chi connectivity index (χ1n) is 11.7. The van der Waals surface area contributed by atoms with E-state index in [2.05, 4.69) is 23.5 Å². The van der Waals surface area contributed by atoms with Crippen molar-refractivity contribution in [3.8, 4) is 5.75 Å². The summed E-state index contributed by atoms with van der Waals surface area (Å²) in [7, 11) is -3.56. The van der Waals surface area contributed by atoms with Crippen molar-refractivity contribution in [2.45, 2.75) is 41.6 Å². The largest absolute Gasteiger partial charge is 0.494 e. The molecule has 1 aromatic rings. The maximum absolute atomic E-state index is 13.3. The predicted octanol–water partition coefficient (Wildman–Crippen LogP) is 3.53. The quantitative estimate of drug-likeness (QED) is 0.621. The zero-order valence-electron chi connectivity index (χ0n) is 18.6. The van der Waals surface area contributed by atoms with Gasteiger partial charge in [-0.05, 0) is 68.7 Å². The van der Waals surface area contributed by atoms with Crippen molar-refractivity contribution in [1.82, 2.24) is 9.21 Å². The van der Waals surface area contributed by atoms with Gasteiger partial charge in [-0.3, -0.25) is 4.79 Å². The van der Waals surface area contributed by atoms with Crippen LogP contribution in [0.2, 0.25) is 0 Å². The molecule has 2 saturated carbocycles. The summed E-state index contributed by atoms with van der Waals surface area (Å²) in [4.78, 5) is 15.5. The van der Waals surface area contributed by atoms with Crippen LogP contribution in [0.15, 0.2) is 29.2 Å². The van der Waals surface area contributed by atoms with E-state index in [0.717, 1.165) is 12.8 Å². The van der Waals surface area contributed by atoms with Gasteiger partial charge in [-0.2, -0.15) is 4.31 Å². The normalized spacial score (nSPS) is 30.0. The van der Waals surface area contributed by atoms with E-state index in [0.29, 0.717) is 54.5 Å². The minimum atomic E-state index is -3.56. The number of thioether (sulfide) groups is 2. The topological polar surface area (TPSA) is 66.9 Å². The highest BCUT2D eigenvalue weighted by Gasteiger charge is 2.57. The summed E-state index contributed by atoms with van der Waals surface area (Å²) in [5.41, 5.74) is 0. The highest BCUT2D eigenvalue weighted by atomic mass is 32.2. The van der Waals surface area contributed by atoms with E-state index in [-0.39, 0.29) is 16.7 Å². The van der Waals surface area contributed by atoms with E-state index in [4.69, 9.17) is 4.74 Å². The minimum absolute atomic E-state index is 0.120. The van der Waals surface area contributed by atoms with Gasteiger partial charge in [0, 0.05) is 43.6 Å². The molecule has 2 atom stereocenters. The van der Waals surface area contributed by atoms with Crippen molar-refractivity contribution in [3.05, 3.63) is 24.3 Å². The average molecular weight is 497 g/mol. The molecule has 32 heavy (non-hydrogen) atoms. The second-order valence-electron chi connectivity index (χ2n) is 9.19. The van der Waals surface area contributed by atoms with Gasteiger partial charge in [0.15, 0.2) is 0 Å². The Labute approximate surface area is 199 Å². The molecule has 6 nitrogen and oxygen atoms in total. The zero-order valence-corrected chi connectivity index (χ0v) is 21.0. The molecule has 2 bridgehead atoms. The maximum atomic E-state index is 13.3. The Morgan fingerprint density at radius 3 is 2.19 bits per heavy atom. The number of hydrogen-bond donors (Lipinski definition) is 0. The number of piperazine rings is 1. The number of benzene rings is 1. The fourth-order valence-electron chi connectivity index (χ4n) is 6.03. The molecule has 1 spiro atoms. The van der Waals surface area contributed by atoms with Gasteiger partial charge in [0.2, 0.25) is 15.9 Å². The maximum Gasteiger partial charge on any atom is 0.243 e. The third-order valence-electron chi connectivity index (χ3n) is 7.55. The summed E-state index contributed by atoms with van der Waals surface area (Å²) in [6, 6.07) is 6.59. The number of hydrogen-bond acceptors (Lipinski definition) is 6. The molecule has 5 rings (SSSR count). The van der Waals surface area contributed by atoms with Crippen LogP contribution in [0.3, 0.4) is 0 Å². The smallest absolute Gasteiger partial charge is 0.243 e. The first-order chi connectivity index (χ1) is 15.4. The molecular weight excluding hydrogens is 464 g/mol. The lowest BCUT2D eigenvalue weighted by molar-refractivity contribution is -0.138. The number of ether oxygens (including phenoxy) is 1. The molecule has 4 aliphatic rings. The molecule has 0 N–H and O–H groups in total. The van der Waals surface area contributed by atoms with Crippen LogP contribution in [0.25, 0.3) is 0 Å². The van der Waals surface area contributed by atoms with Crippen molar-refractivity contribution >= 4 is 39.5 Å². The number of sulfonamides is 1. The Morgan fingerprint density at radius 2 is 1.62 bits per heavy atom. The molecule has 0 aromatic heterocycles. The van der Waals surface area contributed by atoms with Gasteiger partial charge in [-0.15, -0.1) is 23.5 Å². The molecule has 1 amide bonds. The monoisotopic (exact) mass is 496 g/mol. The van der Waals surface area contributed by atoms with E-state index in [1.54, 1.807) is 24.3 Å². The summed E-state index contributed by atoms with van der Waals surface area (Å²) in [6.45, 7) is 4.12. The Balaban J connectivity index is 1.19. The lowest BCUT2D eigenvalue weighted by Gasteiger charge is -2.44. The van der Waals surface area contributed by atoms with E-state index in [1.807, 2.05) is 11.8 Å². The summed E-state index contributed by atoms with van der Waals surface area (Å²) in [6.07, 6.45) is 4.56. The molecule has 9 heteroatoms. The molecular formula is C23H32N2O4S3.